The number of rotatable bonds is 2. The second kappa shape index (κ2) is 6.36. The van der Waals surface area contributed by atoms with Crippen molar-refractivity contribution >= 4 is 41.4 Å². The zero-order valence-electron chi connectivity index (χ0n) is 5.15. The van der Waals surface area contributed by atoms with Crippen molar-refractivity contribution in [2.45, 2.75) is 0 Å². The number of carbonyl (C=O) groups excluding carboxylic acids is 1. The van der Waals surface area contributed by atoms with Crippen molar-refractivity contribution in [3.05, 3.63) is 12.7 Å². The third-order valence-electron chi connectivity index (χ3n) is 0.719. The summed E-state index contributed by atoms with van der Waals surface area (Å²) in [5.41, 5.74) is 0. The molecule has 58 valence electrons. The van der Waals surface area contributed by atoms with E-state index in [1.54, 1.807) is 0 Å². The predicted octanol–water partition coefficient (Wildman–Crippen LogP) is -1.17. The molecular formula is C5H8NNaO4. The maximum atomic E-state index is 10.3. The molecule has 5 nitrogen and oxygen atoms in total. The molecule has 0 aromatic carbocycles. The van der Waals surface area contributed by atoms with Crippen LogP contribution in [0.1, 0.15) is 0 Å². The third-order valence-corrected chi connectivity index (χ3v) is 0.719. The Bertz CT molecular complexity index is 170. The Labute approximate surface area is 85.5 Å². The van der Waals surface area contributed by atoms with Gasteiger partial charge in [-0.25, -0.2) is 9.86 Å². The van der Waals surface area contributed by atoms with Gasteiger partial charge in [-0.05, 0) is 0 Å². The predicted molar refractivity (Wildman–Crippen MR) is 38.5 cm³/mol. The van der Waals surface area contributed by atoms with E-state index < -0.39 is 11.9 Å². The van der Waals surface area contributed by atoms with E-state index in [2.05, 4.69) is 6.58 Å². The SMILES string of the molecule is C=CCN(O)C(=O)C(=O)O.[NaH]. The topological polar surface area (TPSA) is 77.8 Å². The monoisotopic (exact) mass is 169 g/mol. The van der Waals surface area contributed by atoms with E-state index in [1.807, 2.05) is 0 Å². The Morgan fingerprint density at radius 3 is 2.27 bits per heavy atom. The van der Waals surface area contributed by atoms with Crippen LogP contribution in [0.4, 0.5) is 0 Å². The molecule has 0 saturated carbocycles. The molecule has 11 heavy (non-hydrogen) atoms. The van der Waals surface area contributed by atoms with Crippen LogP contribution in [0.25, 0.3) is 0 Å². The molecule has 1 amide bonds. The first-order valence-corrected chi connectivity index (χ1v) is 2.44. The number of carboxylic acid groups (broad SMARTS) is 1. The fourth-order valence-electron chi connectivity index (χ4n) is 0.316. The Hall–Kier alpha value is -0.360. The number of nitrogens with zero attached hydrogens (tertiary/aromatic N) is 1. The van der Waals surface area contributed by atoms with Gasteiger partial charge in [0.15, 0.2) is 0 Å². The van der Waals surface area contributed by atoms with Crippen LogP contribution in [-0.2, 0) is 9.59 Å². The third kappa shape index (κ3) is 4.97. The Morgan fingerprint density at radius 1 is 1.55 bits per heavy atom. The molecule has 0 atom stereocenters. The second-order valence-corrected chi connectivity index (χ2v) is 1.48. The molecule has 2 N–H and O–H groups in total. The number of aliphatic carboxylic acids is 1. The zero-order valence-corrected chi connectivity index (χ0v) is 5.15. The maximum absolute atomic E-state index is 10.3. The van der Waals surface area contributed by atoms with Crippen molar-refractivity contribution in [1.29, 1.82) is 0 Å². The van der Waals surface area contributed by atoms with Crippen molar-refractivity contribution in [3.63, 3.8) is 0 Å². The summed E-state index contributed by atoms with van der Waals surface area (Å²) >= 11 is 0. The van der Waals surface area contributed by atoms with Crippen LogP contribution in [0.15, 0.2) is 12.7 Å². The van der Waals surface area contributed by atoms with E-state index in [9.17, 15) is 9.59 Å². The summed E-state index contributed by atoms with van der Waals surface area (Å²) in [5, 5.41) is 16.6. The van der Waals surface area contributed by atoms with Crippen molar-refractivity contribution in [2.24, 2.45) is 0 Å². The number of amides is 1. The van der Waals surface area contributed by atoms with Gasteiger partial charge in [0, 0.05) is 0 Å². The average molecular weight is 169 g/mol. The van der Waals surface area contributed by atoms with Crippen LogP contribution in [-0.4, -0.2) is 63.4 Å². The number of hydroxylamine groups is 2. The van der Waals surface area contributed by atoms with Gasteiger partial charge >= 0.3 is 41.4 Å². The molecule has 0 unspecified atom stereocenters. The summed E-state index contributed by atoms with van der Waals surface area (Å²) in [6, 6.07) is 0. The second-order valence-electron chi connectivity index (χ2n) is 1.48. The average Bonchev–Trinajstić information content (AvgIpc) is 1.87. The van der Waals surface area contributed by atoms with E-state index in [4.69, 9.17) is 10.3 Å². The van der Waals surface area contributed by atoms with Crippen molar-refractivity contribution in [3.8, 4) is 0 Å². The Balaban J connectivity index is 0. The first-order valence-electron chi connectivity index (χ1n) is 2.44. The zero-order chi connectivity index (χ0) is 8.15. The van der Waals surface area contributed by atoms with E-state index in [0.29, 0.717) is 0 Å². The Morgan fingerprint density at radius 2 is 2.00 bits per heavy atom. The fraction of sp³-hybridized carbons (Fsp3) is 0.200. The van der Waals surface area contributed by atoms with Crippen molar-refractivity contribution < 1.29 is 19.9 Å². The van der Waals surface area contributed by atoms with Crippen molar-refractivity contribution in [1.82, 2.24) is 5.06 Å². The van der Waals surface area contributed by atoms with Gasteiger partial charge in [0.2, 0.25) is 0 Å². The first-order chi connectivity index (χ1) is 4.59. The molecular weight excluding hydrogens is 161 g/mol. The number of hydrogen-bond acceptors (Lipinski definition) is 3. The molecule has 0 aliphatic carbocycles. The van der Waals surface area contributed by atoms with Crippen LogP contribution >= 0.6 is 0 Å². The molecule has 6 heteroatoms. The molecule has 0 saturated heterocycles. The molecule has 0 aromatic rings. The van der Waals surface area contributed by atoms with Crippen molar-refractivity contribution in [2.75, 3.05) is 6.54 Å². The van der Waals surface area contributed by atoms with Gasteiger partial charge in [0.05, 0.1) is 6.54 Å². The molecule has 0 bridgehead atoms. The van der Waals surface area contributed by atoms with Gasteiger partial charge in [-0.2, -0.15) is 0 Å². The molecule has 0 aromatic heterocycles. The molecule has 0 spiro atoms. The van der Waals surface area contributed by atoms with Gasteiger partial charge in [-0.15, -0.1) is 6.58 Å². The summed E-state index contributed by atoms with van der Waals surface area (Å²) in [6.07, 6.45) is 1.21. The van der Waals surface area contributed by atoms with Gasteiger partial charge < -0.3 is 5.11 Å². The Kier molecular flexibility index (Phi) is 7.65. The summed E-state index contributed by atoms with van der Waals surface area (Å²) < 4.78 is 0. The minimum atomic E-state index is -1.69. The van der Waals surface area contributed by atoms with Crippen LogP contribution in [0.3, 0.4) is 0 Å². The van der Waals surface area contributed by atoms with Crippen LogP contribution < -0.4 is 0 Å². The van der Waals surface area contributed by atoms with Gasteiger partial charge in [-0.3, -0.25) is 10.0 Å². The minimum absolute atomic E-state index is 0. The molecule has 0 aliphatic rings. The summed E-state index contributed by atoms with van der Waals surface area (Å²) in [6.45, 7) is 3.01. The number of hydrogen-bond donors (Lipinski definition) is 2. The quantitative estimate of drug-likeness (QED) is 0.179. The summed E-state index contributed by atoms with van der Waals surface area (Å²) in [5.74, 6) is -3.05. The molecule has 0 radical (unpaired) electrons. The number of carbonyl (C=O) groups is 2. The molecule has 0 fully saturated rings. The van der Waals surface area contributed by atoms with Gasteiger partial charge in [0.1, 0.15) is 0 Å². The summed E-state index contributed by atoms with van der Waals surface area (Å²) in [4.78, 5) is 20.1. The van der Waals surface area contributed by atoms with E-state index in [1.165, 1.54) is 6.08 Å². The van der Waals surface area contributed by atoms with Gasteiger partial charge in [0.25, 0.3) is 0 Å². The summed E-state index contributed by atoms with van der Waals surface area (Å²) in [7, 11) is 0. The van der Waals surface area contributed by atoms with Crippen LogP contribution in [0.5, 0.6) is 0 Å². The van der Waals surface area contributed by atoms with E-state index in [-0.39, 0.29) is 41.2 Å². The van der Waals surface area contributed by atoms with Gasteiger partial charge in [-0.1, -0.05) is 6.08 Å². The molecule has 0 heterocycles. The molecule has 0 aliphatic heterocycles. The van der Waals surface area contributed by atoms with E-state index in [0.717, 1.165) is 0 Å². The first kappa shape index (κ1) is 13.2. The van der Waals surface area contributed by atoms with Crippen LogP contribution in [0, 0.1) is 0 Å². The molecule has 0 rings (SSSR count). The number of carboxylic acids is 1. The fourth-order valence-corrected chi connectivity index (χ4v) is 0.316. The normalized spacial score (nSPS) is 7.73. The van der Waals surface area contributed by atoms with Crippen LogP contribution in [0.2, 0.25) is 0 Å². The van der Waals surface area contributed by atoms with E-state index >= 15 is 0 Å². The standard InChI is InChI=1S/C5H7NO4.Na.H/c1-2-3-6(10)4(7)5(8)9;;/h2,10H,1,3H2,(H,8,9);;.